The summed E-state index contributed by atoms with van der Waals surface area (Å²) in [6, 6.07) is 12.5. The topological polar surface area (TPSA) is 89.1 Å². The number of fused-ring (bicyclic) bond motifs is 1. The Labute approximate surface area is 173 Å². The molecule has 1 saturated heterocycles. The van der Waals surface area contributed by atoms with Crippen molar-refractivity contribution >= 4 is 17.0 Å². The summed E-state index contributed by atoms with van der Waals surface area (Å²) in [5.41, 5.74) is 4.32. The number of likely N-dealkylation sites (tertiary alicyclic amines) is 1. The summed E-state index contributed by atoms with van der Waals surface area (Å²) in [6.07, 6.45) is 8.12. The van der Waals surface area contributed by atoms with Gasteiger partial charge >= 0.3 is 6.09 Å². The van der Waals surface area contributed by atoms with E-state index >= 15 is 0 Å². The fraction of sp³-hybridized carbons (Fsp3) is 0.273. The SMILES string of the molecule is O=C(O)N1CCC(c2ccc(Cn3ccc4cc(-n5cncn5)ccc43)nc2)CC1. The number of aromatic nitrogens is 5. The van der Waals surface area contributed by atoms with Gasteiger partial charge in [0.05, 0.1) is 17.9 Å². The molecule has 5 rings (SSSR count). The molecule has 30 heavy (non-hydrogen) atoms. The lowest BCUT2D eigenvalue weighted by molar-refractivity contribution is 0.132. The Hall–Kier alpha value is -3.68. The smallest absolute Gasteiger partial charge is 0.407 e. The summed E-state index contributed by atoms with van der Waals surface area (Å²) in [4.78, 5) is 21.2. The normalized spacial score (nSPS) is 15.0. The third-order valence-electron chi connectivity index (χ3n) is 5.85. The summed E-state index contributed by atoms with van der Waals surface area (Å²) < 4.78 is 3.94. The lowest BCUT2D eigenvalue weighted by Gasteiger charge is -2.30. The maximum Gasteiger partial charge on any atom is 0.407 e. The van der Waals surface area contributed by atoms with E-state index in [1.54, 1.807) is 11.0 Å². The van der Waals surface area contributed by atoms with Crippen LogP contribution in [0.3, 0.4) is 0 Å². The molecule has 0 aliphatic carbocycles. The van der Waals surface area contributed by atoms with Crippen LogP contribution in [0.5, 0.6) is 0 Å². The molecule has 1 aliphatic heterocycles. The van der Waals surface area contributed by atoms with Gasteiger partial charge in [-0.25, -0.2) is 14.5 Å². The van der Waals surface area contributed by atoms with Gasteiger partial charge in [-0.3, -0.25) is 4.98 Å². The molecule has 3 aromatic heterocycles. The number of amides is 1. The zero-order valence-electron chi connectivity index (χ0n) is 16.4. The molecule has 1 aromatic carbocycles. The summed E-state index contributed by atoms with van der Waals surface area (Å²) in [7, 11) is 0. The maximum atomic E-state index is 11.1. The van der Waals surface area contributed by atoms with Gasteiger partial charge in [-0.1, -0.05) is 6.07 Å². The first kappa shape index (κ1) is 18.4. The fourth-order valence-electron chi connectivity index (χ4n) is 4.16. The highest BCUT2D eigenvalue weighted by molar-refractivity contribution is 5.82. The molecular formula is C22H22N6O2. The highest BCUT2D eigenvalue weighted by Crippen LogP contribution is 2.28. The van der Waals surface area contributed by atoms with E-state index in [2.05, 4.69) is 56.2 Å². The minimum Gasteiger partial charge on any atom is -0.465 e. The Morgan fingerprint density at radius 2 is 2.00 bits per heavy atom. The van der Waals surface area contributed by atoms with Gasteiger partial charge in [-0.05, 0) is 54.7 Å². The Morgan fingerprint density at radius 1 is 1.13 bits per heavy atom. The molecule has 1 N–H and O–H groups in total. The van der Waals surface area contributed by atoms with Crippen LogP contribution < -0.4 is 0 Å². The average molecular weight is 402 g/mol. The molecule has 0 atom stereocenters. The minimum absolute atomic E-state index is 0.379. The van der Waals surface area contributed by atoms with Crippen molar-refractivity contribution < 1.29 is 9.90 Å². The highest BCUT2D eigenvalue weighted by atomic mass is 16.4. The summed E-state index contributed by atoms with van der Waals surface area (Å²) in [6.45, 7) is 1.88. The first-order valence-electron chi connectivity index (χ1n) is 10.0. The van der Waals surface area contributed by atoms with Gasteiger partial charge in [0.2, 0.25) is 0 Å². The van der Waals surface area contributed by atoms with Crippen molar-refractivity contribution in [2.45, 2.75) is 25.3 Å². The summed E-state index contributed by atoms with van der Waals surface area (Å²) in [5.74, 6) is 0.379. The second-order valence-corrected chi connectivity index (χ2v) is 7.65. The van der Waals surface area contributed by atoms with Crippen molar-refractivity contribution in [2.75, 3.05) is 13.1 Å². The molecule has 4 heterocycles. The number of hydrogen-bond acceptors (Lipinski definition) is 4. The van der Waals surface area contributed by atoms with Crippen molar-refractivity contribution in [1.82, 2.24) is 29.2 Å². The first-order chi connectivity index (χ1) is 14.7. The monoisotopic (exact) mass is 402 g/mol. The predicted octanol–water partition coefficient (Wildman–Crippen LogP) is 3.52. The van der Waals surface area contributed by atoms with E-state index in [1.807, 2.05) is 12.3 Å². The number of hydrogen-bond donors (Lipinski definition) is 1. The van der Waals surface area contributed by atoms with Gasteiger partial charge in [0, 0.05) is 36.4 Å². The van der Waals surface area contributed by atoms with E-state index in [0.29, 0.717) is 25.6 Å². The van der Waals surface area contributed by atoms with Crippen LogP contribution >= 0.6 is 0 Å². The molecule has 1 amide bonds. The van der Waals surface area contributed by atoms with Crippen LogP contribution in [-0.2, 0) is 6.54 Å². The van der Waals surface area contributed by atoms with E-state index in [1.165, 1.54) is 16.8 Å². The molecule has 0 unspecified atom stereocenters. The molecule has 8 heteroatoms. The van der Waals surface area contributed by atoms with Gasteiger partial charge in [0.25, 0.3) is 0 Å². The highest BCUT2D eigenvalue weighted by Gasteiger charge is 2.23. The standard InChI is InChI=1S/C22H22N6O2/c29-22(30)26-8-5-16(6-9-26)18-1-2-19(24-12-18)13-27-10-7-17-11-20(3-4-21(17)27)28-15-23-14-25-28/h1-4,7,10-12,14-16H,5-6,8-9,13H2,(H,29,30). The molecule has 0 spiro atoms. The molecule has 1 fully saturated rings. The lowest BCUT2D eigenvalue weighted by Crippen LogP contribution is -2.36. The van der Waals surface area contributed by atoms with E-state index < -0.39 is 6.09 Å². The van der Waals surface area contributed by atoms with Gasteiger partial charge in [-0.15, -0.1) is 0 Å². The first-order valence-corrected chi connectivity index (χ1v) is 10.0. The predicted molar refractivity (Wildman–Crippen MR) is 112 cm³/mol. The lowest BCUT2D eigenvalue weighted by atomic mass is 9.90. The average Bonchev–Trinajstić information content (AvgIpc) is 3.45. The third-order valence-corrected chi connectivity index (χ3v) is 5.85. The Bertz CT molecular complexity index is 1160. The summed E-state index contributed by atoms with van der Waals surface area (Å²) >= 11 is 0. The third kappa shape index (κ3) is 3.52. The van der Waals surface area contributed by atoms with Gasteiger partial charge < -0.3 is 14.6 Å². The largest absolute Gasteiger partial charge is 0.465 e. The molecule has 8 nitrogen and oxygen atoms in total. The van der Waals surface area contributed by atoms with E-state index in [-0.39, 0.29) is 0 Å². The molecule has 0 saturated carbocycles. The molecular weight excluding hydrogens is 380 g/mol. The molecule has 1 aliphatic rings. The fourth-order valence-corrected chi connectivity index (χ4v) is 4.16. The molecule has 0 bridgehead atoms. The second-order valence-electron chi connectivity index (χ2n) is 7.65. The Balaban J connectivity index is 1.29. The molecule has 152 valence electrons. The van der Waals surface area contributed by atoms with Crippen molar-refractivity contribution in [3.63, 3.8) is 0 Å². The Morgan fingerprint density at radius 3 is 2.70 bits per heavy atom. The van der Waals surface area contributed by atoms with Crippen LogP contribution in [-0.4, -0.2) is 53.5 Å². The number of carbonyl (C=O) groups is 1. The van der Waals surface area contributed by atoms with Gasteiger partial charge in [0.15, 0.2) is 0 Å². The van der Waals surface area contributed by atoms with Crippen molar-refractivity contribution in [2.24, 2.45) is 0 Å². The number of rotatable bonds is 4. The van der Waals surface area contributed by atoms with E-state index in [9.17, 15) is 4.79 Å². The van der Waals surface area contributed by atoms with Crippen molar-refractivity contribution in [3.8, 4) is 5.69 Å². The maximum absolute atomic E-state index is 11.1. The minimum atomic E-state index is -0.825. The van der Waals surface area contributed by atoms with E-state index in [4.69, 9.17) is 5.11 Å². The molecule has 0 radical (unpaired) electrons. The van der Waals surface area contributed by atoms with Crippen LogP contribution in [0, 0.1) is 0 Å². The number of piperidine rings is 1. The van der Waals surface area contributed by atoms with Gasteiger partial charge in [-0.2, -0.15) is 5.10 Å². The second kappa shape index (κ2) is 7.62. The zero-order valence-corrected chi connectivity index (χ0v) is 16.4. The van der Waals surface area contributed by atoms with Crippen LogP contribution in [0.2, 0.25) is 0 Å². The van der Waals surface area contributed by atoms with Crippen molar-refractivity contribution in [3.05, 3.63) is 72.7 Å². The van der Waals surface area contributed by atoms with Gasteiger partial charge in [0.1, 0.15) is 12.7 Å². The van der Waals surface area contributed by atoms with Crippen LogP contribution in [0.4, 0.5) is 4.79 Å². The molecule has 4 aromatic rings. The summed E-state index contributed by atoms with van der Waals surface area (Å²) in [5, 5.41) is 14.4. The number of pyridine rings is 1. The van der Waals surface area contributed by atoms with Crippen LogP contribution in [0.25, 0.3) is 16.6 Å². The number of nitrogens with zero attached hydrogens (tertiary/aromatic N) is 6. The van der Waals surface area contributed by atoms with Crippen molar-refractivity contribution in [1.29, 1.82) is 0 Å². The van der Waals surface area contributed by atoms with E-state index in [0.717, 1.165) is 35.1 Å². The Kier molecular flexibility index (Phi) is 4.66. The zero-order chi connectivity index (χ0) is 20.5. The number of benzene rings is 1. The van der Waals surface area contributed by atoms with Crippen LogP contribution in [0.15, 0.2) is 61.4 Å². The quantitative estimate of drug-likeness (QED) is 0.564. The number of carboxylic acid groups (broad SMARTS) is 1. The van der Waals surface area contributed by atoms with Crippen LogP contribution in [0.1, 0.15) is 30.0 Å².